The molecule has 2 aromatic carbocycles. The predicted octanol–water partition coefficient (Wildman–Crippen LogP) is 4.48. The number of carbonyl (C=O) groups is 2. The number of ether oxygens (including phenoxy) is 2. The van der Waals surface area contributed by atoms with Crippen LogP contribution in [0.5, 0.6) is 11.5 Å². The maximum absolute atomic E-state index is 12.6. The molecule has 0 radical (unpaired) electrons. The lowest BCUT2D eigenvalue weighted by molar-refractivity contribution is -0.123. The summed E-state index contributed by atoms with van der Waals surface area (Å²) in [6.07, 6.45) is 4.33. The lowest BCUT2D eigenvalue weighted by Crippen LogP contribution is -2.49. The molecule has 8 heteroatoms. The summed E-state index contributed by atoms with van der Waals surface area (Å²) < 4.78 is 11.2. The largest absolute Gasteiger partial charge is 0.493 e. The first-order valence-electron chi connectivity index (χ1n) is 11.3. The summed E-state index contributed by atoms with van der Waals surface area (Å²) in [5.41, 5.74) is 6.48. The number of rotatable bonds is 11. The molecule has 33 heavy (non-hydrogen) atoms. The van der Waals surface area contributed by atoms with Gasteiger partial charge in [0.25, 0.3) is 11.8 Å². The van der Waals surface area contributed by atoms with E-state index in [4.69, 9.17) is 21.7 Å². The van der Waals surface area contributed by atoms with Gasteiger partial charge in [-0.05, 0) is 54.4 Å². The summed E-state index contributed by atoms with van der Waals surface area (Å²) in [5.74, 6) is 0.654. The number of hydrogen-bond acceptors (Lipinski definition) is 5. The summed E-state index contributed by atoms with van der Waals surface area (Å²) in [4.78, 5) is 24.6. The maximum atomic E-state index is 12.6. The van der Waals surface area contributed by atoms with Crippen LogP contribution in [0.2, 0.25) is 0 Å². The second-order valence-electron chi connectivity index (χ2n) is 7.87. The van der Waals surface area contributed by atoms with Crippen LogP contribution in [0.3, 0.4) is 0 Å². The second kappa shape index (κ2) is 14.1. The number of hydrazine groups is 1. The van der Waals surface area contributed by atoms with E-state index in [-0.39, 0.29) is 11.7 Å². The molecule has 0 aliphatic carbocycles. The van der Waals surface area contributed by atoms with Crippen molar-refractivity contribution in [2.45, 2.75) is 52.4 Å². The van der Waals surface area contributed by atoms with Crippen LogP contribution >= 0.6 is 12.2 Å². The Kier molecular flexibility index (Phi) is 11.2. The van der Waals surface area contributed by atoms with E-state index in [1.807, 2.05) is 30.3 Å². The number of benzene rings is 2. The lowest BCUT2D eigenvalue weighted by Gasteiger charge is -2.14. The third-order valence-corrected chi connectivity index (χ3v) is 5.05. The van der Waals surface area contributed by atoms with Gasteiger partial charge in [0.05, 0.1) is 12.2 Å². The third kappa shape index (κ3) is 9.49. The average molecular weight is 472 g/mol. The van der Waals surface area contributed by atoms with Gasteiger partial charge >= 0.3 is 0 Å². The van der Waals surface area contributed by atoms with Crippen molar-refractivity contribution in [1.82, 2.24) is 16.2 Å². The Balaban J connectivity index is 1.75. The van der Waals surface area contributed by atoms with E-state index in [0.717, 1.165) is 25.7 Å². The molecule has 0 heterocycles. The number of carbonyl (C=O) groups excluding carboxylic acids is 2. The van der Waals surface area contributed by atoms with Crippen molar-refractivity contribution in [3.05, 3.63) is 59.7 Å². The third-order valence-electron chi connectivity index (χ3n) is 4.85. The van der Waals surface area contributed by atoms with E-state index in [2.05, 4.69) is 36.9 Å². The quantitative estimate of drug-likeness (QED) is 0.254. The Morgan fingerprint density at radius 1 is 0.939 bits per heavy atom. The molecule has 0 saturated heterocycles. The number of nitrogens with one attached hydrogen (secondary N) is 3. The minimum atomic E-state index is -0.435. The molecule has 0 fully saturated rings. The average Bonchev–Trinajstić information content (AvgIpc) is 2.81. The first kappa shape index (κ1) is 26.1. The van der Waals surface area contributed by atoms with Crippen LogP contribution in [0.25, 0.3) is 0 Å². The molecular weight excluding hydrogens is 438 g/mol. The molecule has 2 aromatic rings. The Labute approximate surface area is 201 Å². The summed E-state index contributed by atoms with van der Waals surface area (Å²) in [7, 11) is 0. The van der Waals surface area contributed by atoms with Crippen LogP contribution in [0.1, 0.15) is 68.3 Å². The number of amides is 2. The molecule has 0 aliphatic rings. The molecule has 0 aromatic heterocycles. The highest BCUT2D eigenvalue weighted by atomic mass is 32.1. The number of para-hydroxylation sites is 1. The fourth-order valence-corrected chi connectivity index (χ4v) is 3.10. The minimum Gasteiger partial charge on any atom is -0.493 e. The minimum absolute atomic E-state index is 0.0348. The van der Waals surface area contributed by atoms with Crippen LogP contribution in [-0.4, -0.2) is 30.1 Å². The Hall–Kier alpha value is -3.13. The molecule has 0 spiro atoms. The van der Waals surface area contributed by atoms with E-state index in [1.165, 1.54) is 5.56 Å². The molecule has 0 unspecified atom stereocenters. The van der Waals surface area contributed by atoms with E-state index in [0.29, 0.717) is 29.6 Å². The Morgan fingerprint density at radius 3 is 2.36 bits per heavy atom. The highest BCUT2D eigenvalue weighted by Crippen LogP contribution is 2.19. The molecule has 3 N–H and O–H groups in total. The van der Waals surface area contributed by atoms with Crippen LogP contribution in [-0.2, 0) is 4.79 Å². The van der Waals surface area contributed by atoms with Crippen molar-refractivity contribution >= 4 is 29.1 Å². The monoisotopic (exact) mass is 471 g/mol. The standard InChI is InChI=1S/C25H33N3O4S/c1-4-5-6-9-16-31-22-11-8-7-10-21(22)24(30)26-25(33)28-27-23(29)17-32-20-14-12-19(13-15-20)18(2)3/h7-8,10-15,18H,4-6,9,16-17H2,1-3H3,(H,27,29)(H2,26,28,30,33). The predicted molar refractivity (Wildman–Crippen MR) is 133 cm³/mol. The van der Waals surface area contributed by atoms with Crippen molar-refractivity contribution in [3.8, 4) is 11.5 Å². The van der Waals surface area contributed by atoms with E-state index >= 15 is 0 Å². The van der Waals surface area contributed by atoms with Crippen molar-refractivity contribution in [3.63, 3.8) is 0 Å². The molecule has 0 aliphatic heterocycles. The van der Waals surface area contributed by atoms with Gasteiger partial charge in [0.15, 0.2) is 11.7 Å². The van der Waals surface area contributed by atoms with E-state index in [9.17, 15) is 9.59 Å². The molecule has 0 atom stereocenters. The van der Waals surface area contributed by atoms with Crippen LogP contribution in [0.4, 0.5) is 0 Å². The molecule has 0 saturated carbocycles. The van der Waals surface area contributed by atoms with Crippen LogP contribution in [0, 0.1) is 0 Å². The molecule has 7 nitrogen and oxygen atoms in total. The first-order chi connectivity index (χ1) is 15.9. The van der Waals surface area contributed by atoms with Gasteiger partial charge in [0.1, 0.15) is 11.5 Å². The lowest BCUT2D eigenvalue weighted by atomic mass is 10.0. The highest BCUT2D eigenvalue weighted by Gasteiger charge is 2.14. The van der Waals surface area contributed by atoms with Gasteiger partial charge < -0.3 is 9.47 Å². The van der Waals surface area contributed by atoms with Crippen molar-refractivity contribution in [2.24, 2.45) is 0 Å². The number of unbranched alkanes of at least 4 members (excludes halogenated alkanes) is 3. The number of thiocarbonyl (C=S) groups is 1. The molecule has 2 amide bonds. The summed E-state index contributed by atoms with van der Waals surface area (Å²) in [5, 5.41) is 2.50. The van der Waals surface area contributed by atoms with Gasteiger partial charge in [0, 0.05) is 0 Å². The molecule has 178 valence electrons. The zero-order valence-electron chi connectivity index (χ0n) is 19.5. The normalized spacial score (nSPS) is 10.4. The smallest absolute Gasteiger partial charge is 0.276 e. The number of hydrogen-bond donors (Lipinski definition) is 3. The van der Waals surface area contributed by atoms with Crippen LogP contribution in [0.15, 0.2) is 48.5 Å². The zero-order chi connectivity index (χ0) is 24.1. The maximum Gasteiger partial charge on any atom is 0.276 e. The van der Waals surface area contributed by atoms with Gasteiger partial charge in [0.2, 0.25) is 0 Å². The first-order valence-corrected chi connectivity index (χ1v) is 11.7. The van der Waals surface area contributed by atoms with Gasteiger partial charge in [-0.15, -0.1) is 0 Å². The van der Waals surface area contributed by atoms with Gasteiger partial charge in [-0.1, -0.05) is 64.3 Å². The zero-order valence-corrected chi connectivity index (χ0v) is 20.3. The summed E-state index contributed by atoms with van der Waals surface area (Å²) >= 11 is 5.10. The summed E-state index contributed by atoms with van der Waals surface area (Å²) in [6, 6.07) is 14.6. The van der Waals surface area contributed by atoms with Gasteiger partial charge in [-0.3, -0.25) is 25.8 Å². The van der Waals surface area contributed by atoms with Crippen molar-refractivity contribution < 1.29 is 19.1 Å². The molecular formula is C25H33N3O4S. The highest BCUT2D eigenvalue weighted by molar-refractivity contribution is 7.80. The Morgan fingerprint density at radius 2 is 1.67 bits per heavy atom. The summed E-state index contributed by atoms with van der Waals surface area (Å²) in [6.45, 7) is 6.72. The molecule has 2 rings (SSSR count). The Bertz CT molecular complexity index is 916. The van der Waals surface area contributed by atoms with E-state index < -0.39 is 11.8 Å². The van der Waals surface area contributed by atoms with Crippen molar-refractivity contribution in [1.29, 1.82) is 0 Å². The fourth-order valence-electron chi connectivity index (χ4n) is 2.95. The fraction of sp³-hybridized carbons (Fsp3) is 0.400. The van der Waals surface area contributed by atoms with Gasteiger partial charge in [-0.25, -0.2) is 0 Å². The van der Waals surface area contributed by atoms with E-state index in [1.54, 1.807) is 18.2 Å². The second-order valence-corrected chi connectivity index (χ2v) is 8.28. The molecule has 0 bridgehead atoms. The van der Waals surface area contributed by atoms with Gasteiger partial charge in [-0.2, -0.15) is 0 Å². The van der Waals surface area contributed by atoms with Crippen molar-refractivity contribution in [2.75, 3.05) is 13.2 Å². The van der Waals surface area contributed by atoms with Crippen LogP contribution < -0.4 is 25.6 Å². The topological polar surface area (TPSA) is 88.7 Å². The SMILES string of the molecule is CCCCCCOc1ccccc1C(=O)NC(=S)NNC(=O)COc1ccc(C(C)C)cc1.